The van der Waals surface area contributed by atoms with Gasteiger partial charge < -0.3 is 15.2 Å². The van der Waals surface area contributed by atoms with Crippen molar-refractivity contribution in [3.05, 3.63) is 80.1 Å². The van der Waals surface area contributed by atoms with Gasteiger partial charge in [0.25, 0.3) is 5.91 Å². The number of aromatic nitrogens is 1. The second-order valence-electron chi connectivity index (χ2n) is 10.1. The summed E-state index contributed by atoms with van der Waals surface area (Å²) in [5, 5.41) is 5.26. The highest BCUT2D eigenvalue weighted by atomic mass is 127. The van der Waals surface area contributed by atoms with Crippen molar-refractivity contribution in [3.63, 3.8) is 0 Å². The number of nitrogens with zero attached hydrogens (tertiary/aromatic N) is 1. The van der Waals surface area contributed by atoms with E-state index in [9.17, 15) is 13.7 Å². The van der Waals surface area contributed by atoms with Gasteiger partial charge in [0.05, 0.1) is 28.3 Å². The molecule has 0 radical (unpaired) electrons. The van der Waals surface area contributed by atoms with Gasteiger partial charge >= 0.3 is 0 Å². The highest BCUT2D eigenvalue weighted by molar-refractivity contribution is 14.1. The molecule has 0 bridgehead atoms. The van der Waals surface area contributed by atoms with E-state index >= 15 is 13.2 Å². The number of nitrogens with one attached hydrogen (secondary N) is 3. The first-order chi connectivity index (χ1) is 18.6. The molecule has 206 valence electrons. The van der Waals surface area contributed by atoms with Gasteiger partial charge in [0.1, 0.15) is 10.6 Å². The summed E-state index contributed by atoms with van der Waals surface area (Å²) in [6.07, 6.45) is 4.79. The minimum atomic E-state index is -1.58. The van der Waals surface area contributed by atoms with Crippen LogP contribution >= 0.6 is 22.6 Å². The van der Waals surface area contributed by atoms with Gasteiger partial charge in [-0.05, 0) is 90.2 Å². The lowest BCUT2D eigenvalue weighted by Crippen LogP contribution is -2.45. The van der Waals surface area contributed by atoms with Gasteiger partial charge in [0.2, 0.25) is 5.82 Å². The molecule has 1 aromatic heterocycles. The first-order valence-electron chi connectivity index (χ1n) is 12.4. The molecule has 39 heavy (non-hydrogen) atoms. The predicted octanol–water partition coefficient (Wildman–Crippen LogP) is 6.49. The molecule has 1 unspecified atom stereocenters. The number of amides is 1. The summed E-state index contributed by atoms with van der Waals surface area (Å²) >= 11 is 0.332. The van der Waals surface area contributed by atoms with E-state index in [0.29, 0.717) is 3.57 Å². The second kappa shape index (κ2) is 11.1. The molecule has 1 atom stereocenters. The van der Waals surface area contributed by atoms with Crippen molar-refractivity contribution in [1.29, 1.82) is 0 Å². The largest absolute Gasteiger partial charge is 0.593 e. The molecular weight excluding hydrogens is 647 g/mol. The maximum Gasteiger partial charge on any atom is 0.253 e. The van der Waals surface area contributed by atoms with E-state index in [1.54, 1.807) is 6.07 Å². The molecule has 2 aliphatic carbocycles. The first kappa shape index (κ1) is 28.0. The van der Waals surface area contributed by atoms with Crippen molar-refractivity contribution in [2.45, 2.75) is 56.2 Å². The highest BCUT2D eigenvalue weighted by Crippen LogP contribution is 2.40. The summed E-state index contributed by atoms with van der Waals surface area (Å²) in [5.74, 6) is -5.15. The molecule has 0 aliphatic heterocycles. The Hall–Kier alpha value is -2.58. The minimum absolute atomic E-state index is 0.0282. The van der Waals surface area contributed by atoms with E-state index in [1.165, 1.54) is 24.4 Å². The van der Waals surface area contributed by atoms with Crippen LogP contribution in [0.25, 0.3) is 0 Å². The normalized spacial score (nSPS) is 16.8. The lowest BCUT2D eigenvalue weighted by molar-refractivity contribution is 0.0951. The summed E-state index contributed by atoms with van der Waals surface area (Å²) < 4.78 is 76.1. The van der Waals surface area contributed by atoms with Crippen LogP contribution < -0.4 is 15.4 Å². The van der Waals surface area contributed by atoms with Crippen LogP contribution in [0.3, 0.4) is 0 Å². The quantitative estimate of drug-likeness (QED) is 0.138. The molecule has 3 aromatic rings. The lowest BCUT2D eigenvalue weighted by atomic mass is 9.86. The topological polar surface area (TPSA) is 89.1 Å². The fourth-order valence-corrected chi connectivity index (χ4v) is 5.97. The molecule has 5 rings (SSSR count). The Labute approximate surface area is 239 Å². The number of pyridine rings is 1. The van der Waals surface area contributed by atoms with Crippen molar-refractivity contribution >= 4 is 57.1 Å². The Balaban J connectivity index is 1.48. The van der Waals surface area contributed by atoms with Crippen LogP contribution in [-0.2, 0) is 17.8 Å². The number of anilines is 3. The smallest absolute Gasteiger partial charge is 0.253 e. The third kappa shape index (κ3) is 5.97. The Kier molecular flexibility index (Phi) is 7.98. The van der Waals surface area contributed by atoms with E-state index in [1.807, 2.05) is 29.5 Å². The van der Waals surface area contributed by atoms with Gasteiger partial charge in [-0.15, -0.1) is 0 Å². The van der Waals surface area contributed by atoms with Gasteiger partial charge in [-0.1, -0.05) is 0 Å². The zero-order valence-corrected chi connectivity index (χ0v) is 23.8. The zero-order chi connectivity index (χ0) is 27.9. The number of halogens is 5. The molecule has 12 heteroatoms. The van der Waals surface area contributed by atoms with Gasteiger partial charge in [0, 0.05) is 35.1 Å². The van der Waals surface area contributed by atoms with E-state index in [0.717, 1.165) is 38.2 Å². The molecule has 6 nitrogen and oxygen atoms in total. The molecule has 0 saturated heterocycles. The fraction of sp³-hybridized carbons (Fsp3) is 0.333. The van der Waals surface area contributed by atoms with Crippen molar-refractivity contribution in [2.75, 3.05) is 10.0 Å². The monoisotopic (exact) mass is 672 g/mol. The van der Waals surface area contributed by atoms with Crippen LogP contribution in [0.4, 0.5) is 34.8 Å². The molecule has 2 saturated carbocycles. The number of carbonyl (C=O) groups is 1. The Morgan fingerprint density at radius 2 is 1.85 bits per heavy atom. The maximum absolute atomic E-state index is 15.5. The molecule has 1 heterocycles. The standard InChI is InChI=1S/C27H25F4IN4O2S/c1-27(8-2-9-27)39(38)36-25-22(30)14(7-10-33-25)11-15-12-18(26(37)34-17-4-5-17)24(23(31)21(15)29)35-20-6-3-16(32)13-19(20)28/h3,6-7,10,12-13,17,35H,2,4-5,8-9,11H2,1H3,(H,33,36)(H,34,37). The average molecular weight is 672 g/mol. The lowest BCUT2D eigenvalue weighted by Gasteiger charge is -2.37. The van der Waals surface area contributed by atoms with Gasteiger partial charge in [0.15, 0.2) is 17.5 Å². The van der Waals surface area contributed by atoms with E-state index < -0.39 is 57.4 Å². The molecule has 0 spiro atoms. The third-order valence-corrected chi connectivity index (χ3v) is 9.38. The maximum atomic E-state index is 15.5. The Bertz CT molecular complexity index is 1440. The van der Waals surface area contributed by atoms with Crippen LogP contribution in [0, 0.1) is 26.8 Å². The van der Waals surface area contributed by atoms with Crippen LogP contribution in [0.15, 0.2) is 36.5 Å². The number of hydrogen-bond donors (Lipinski definition) is 3. The van der Waals surface area contributed by atoms with Crippen LogP contribution in [0.1, 0.15) is 60.5 Å². The molecule has 1 amide bonds. The van der Waals surface area contributed by atoms with E-state index in [4.69, 9.17) is 0 Å². The van der Waals surface area contributed by atoms with Crippen molar-refractivity contribution in [3.8, 4) is 0 Å². The number of carbonyl (C=O) groups excluding carboxylic acids is 1. The zero-order valence-electron chi connectivity index (χ0n) is 20.8. The van der Waals surface area contributed by atoms with Crippen LogP contribution in [-0.4, -0.2) is 26.2 Å². The Morgan fingerprint density at radius 3 is 2.49 bits per heavy atom. The number of hydrogen-bond acceptors (Lipinski definition) is 5. The van der Waals surface area contributed by atoms with Gasteiger partial charge in [-0.2, -0.15) is 4.72 Å². The summed E-state index contributed by atoms with van der Waals surface area (Å²) in [4.78, 5) is 17.0. The van der Waals surface area contributed by atoms with Gasteiger partial charge in [-0.3, -0.25) is 4.79 Å². The summed E-state index contributed by atoms with van der Waals surface area (Å²) in [6.45, 7) is 1.84. The van der Waals surface area contributed by atoms with Crippen molar-refractivity contribution in [1.82, 2.24) is 10.3 Å². The minimum Gasteiger partial charge on any atom is -0.593 e. The molecule has 2 fully saturated rings. The van der Waals surface area contributed by atoms with E-state index in [-0.39, 0.29) is 34.2 Å². The molecule has 2 aliphatic rings. The summed E-state index contributed by atoms with van der Waals surface area (Å²) in [5.41, 5.74) is -1.19. The highest BCUT2D eigenvalue weighted by Gasteiger charge is 2.45. The first-order valence-corrected chi connectivity index (χ1v) is 14.6. The molecule has 3 N–H and O–H groups in total. The Morgan fingerprint density at radius 1 is 1.10 bits per heavy atom. The average Bonchev–Trinajstić information content (AvgIpc) is 3.69. The van der Waals surface area contributed by atoms with Crippen LogP contribution in [0.2, 0.25) is 0 Å². The fourth-order valence-electron chi connectivity index (χ4n) is 4.29. The second-order valence-corrected chi connectivity index (χ2v) is 13.0. The van der Waals surface area contributed by atoms with Gasteiger partial charge in [-0.25, -0.2) is 22.5 Å². The van der Waals surface area contributed by atoms with Crippen LogP contribution in [0.5, 0.6) is 0 Å². The van der Waals surface area contributed by atoms with Crippen molar-refractivity contribution < 1.29 is 26.9 Å². The third-order valence-electron chi connectivity index (χ3n) is 7.03. The summed E-state index contributed by atoms with van der Waals surface area (Å²) in [6, 6.07) is 6.52. The van der Waals surface area contributed by atoms with Crippen molar-refractivity contribution in [2.24, 2.45) is 0 Å². The number of benzene rings is 2. The molecular formula is C27H25F4IN4O2S. The predicted molar refractivity (Wildman–Crippen MR) is 150 cm³/mol. The molecule has 2 aromatic carbocycles. The van der Waals surface area contributed by atoms with E-state index in [2.05, 4.69) is 20.3 Å². The SMILES string of the molecule is CC1([S+]([O-])Nc2nccc(Cc3cc(C(=O)NC4CC4)c(Nc4ccc(I)cc4F)c(F)c3F)c2F)CCC1. The summed E-state index contributed by atoms with van der Waals surface area (Å²) in [7, 11) is 0. The number of rotatable bonds is 9.